The summed E-state index contributed by atoms with van der Waals surface area (Å²) >= 11 is 21.8. The zero-order valence-electron chi connectivity index (χ0n) is 9.09. The summed E-state index contributed by atoms with van der Waals surface area (Å²) in [5, 5.41) is 19.6. The fourth-order valence-electron chi connectivity index (χ4n) is 0.339. The maximum Gasteiger partial charge on any atom is 0.503 e. The molecule has 0 bridgehead atoms. The number of carboxylic acid groups (broad SMARTS) is 2. The molecule has 0 aromatic heterocycles. The van der Waals surface area contributed by atoms with Crippen LogP contribution in [0, 0.1) is 0 Å². The van der Waals surface area contributed by atoms with Crippen LogP contribution < -0.4 is 10.6 Å². The van der Waals surface area contributed by atoms with E-state index >= 15 is 0 Å². The van der Waals surface area contributed by atoms with Crippen molar-refractivity contribution in [3.63, 3.8) is 0 Å². The van der Waals surface area contributed by atoms with Crippen molar-refractivity contribution in [1.29, 1.82) is 0 Å². The molecule has 0 saturated carbocycles. The number of thiol groups is 2. The smallest absolute Gasteiger partial charge is 0.450 e. The Morgan fingerprint density at radius 3 is 1.50 bits per heavy atom. The van der Waals surface area contributed by atoms with Crippen LogP contribution in [0.25, 0.3) is 0 Å². The molecule has 0 heterocycles. The molecular weight excluding hydrogens is 356 g/mol. The Kier molecular flexibility index (Phi) is 33.0. The van der Waals surface area contributed by atoms with Gasteiger partial charge in [-0.25, -0.2) is 4.79 Å². The molecule has 0 radical (unpaired) electrons. The molecule has 0 aliphatic heterocycles. The van der Waals surface area contributed by atoms with Crippen molar-refractivity contribution in [2.75, 3.05) is 13.1 Å². The van der Waals surface area contributed by atoms with Crippen molar-refractivity contribution >= 4 is 89.6 Å². The highest BCUT2D eigenvalue weighted by Crippen LogP contribution is 1.77. The van der Waals surface area contributed by atoms with Crippen LogP contribution in [0.2, 0.25) is 0 Å². The topological polar surface area (TPSA) is 81.6 Å². The summed E-state index contributed by atoms with van der Waals surface area (Å²) in [5.41, 5.74) is 1.22. The van der Waals surface area contributed by atoms with Gasteiger partial charge in [-0.1, -0.05) is 42.6 Å². The van der Waals surface area contributed by atoms with E-state index in [1.807, 2.05) is 0 Å². The van der Waals surface area contributed by atoms with E-state index in [4.69, 9.17) is 26.6 Å². The number of halogens is 1. The number of nitrogens with one attached hydrogen (secondary N) is 2. The largest absolute Gasteiger partial charge is 0.503 e. The summed E-state index contributed by atoms with van der Waals surface area (Å²) in [5.74, 6) is 0. The molecular formula is C7H15ClN2O3S5. The average molecular weight is 371 g/mol. The third kappa shape index (κ3) is 72.6. The van der Waals surface area contributed by atoms with E-state index in [9.17, 15) is 0 Å². The minimum atomic E-state index is -1.83. The van der Waals surface area contributed by atoms with Gasteiger partial charge in [0.15, 0.2) is 0 Å². The lowest BCUT2D eigenvalue weighted by Crippen LogP contribution is -2.29. The molecule has 0 fully saturated rings. The fourth-order valence-corrected chi connectivity index (χ4v) is 0.767. The highest BCUT2D eigenvalue weighted by atomic mass is 35.5. The summed E-state index contributed by atoms with van der Waals surface area (Å²) in [6, 6.07) is 0. The molecule has 5 nitrogen and oxygen atoms in total. The van der Waals surface area contributed by atoms with Gasteiger partial charge in [0.25, 0.3) is 0 Å². The minimum Gasteiger partial charge on any atom is -0.450 e. The SMILES string of the molecule is C=CCl.O=C(O)O.S.S=C(S)NCCNC(=S)S. The van der Waals surface area contributed by atoms with Crippen molar-refractivity contribution in [2.45, 2.75) is 0 Å². The molecule has 0 spiro atoms. The molecule has 0 aromatic rings. The van der Waals surface area contributed by atoms with Gasteiger partial charge < -0.3 is 20.8 Å². The second-order valence-corrected chi connectivity index (χ2v) is 4.53. The maximum atomic E-state index is 8.56. The molecule has 0 aromatic carbocycles. The first-order valence-electron chi connectivity index (χ1n) is 3.84. The van der Waals surface area contributed by atoms with Crippen molar-refractivity contribution in [3.05, 3.63) is 12.1 Å². The molecule has 0 atom stereocenters. The van der Waals surface area contributed by atoms with E-state index in [0.29, 0.717) is 21.7 Å². The second-order valence-electron chi connectivity index (χ2n) is 1.90. The van der Waals surface area contributed by atoms with Gasteiger partial charge in [-0.3, -0.25) is 0 Å². The third-order valence-corrected chi connectivity index (χ3v) is 1.28. The van der Waals surface area contributed by atoms with E-state index in [-0.39, 0.29) is 13.5 Å². The standard InChI is InChI=1S/C4H8N2S4.C2H3Cl.CH2O3.H2S/c7-3(8)5-1-2-6-4(9)10;1-2-3;2-1(3)4;/h1-2H2,(H2,5,7,8)(H2,6,9,10);2H,1H2;(H2,2,3,4);1H2. The Labute approximate surface area is 140 Å². The molecule has 0 unspecified atom stereocenters. The van der Waals surface area contributed by atoms with E-state index in [1.165, 1.54) is 5.54 Å². The molecule has 0 saturated heterocycles. The molecule has 0 aliphatic carbocycles. The Hall–Kier alpha value is 0.130. The number of hydrogen-bond donors (Lipinski definition) is 6. The molecule has 11 heteroatoms. The van der Waals surface area contributed by atoms with Gasteiger partial charge in [0.2, 0.25) is 0 Å². The van der Waals surface area contributed by atoms with Gasteiger partial charge in [0, 0.05) is 13.1 Å². The van der Waals surface area contributed by atoms with Crippen LogP contribution in [-0.4, -0.2) is 38.1 Å². The highest BCUT2D eigenvalue weighted by Gasteiger charge is 1.87. The van der Waals surface area contributed by atoms with E-state index in [1.54, 1.807) is 0 Å². The van der Waals surface area contributed by atoms with Crippen LogP contribution in [0.1, 0.15) is 0 Å². The lowest BCUT2D eigenvalue weighted by molar-refractivity contribution is 0.137. The lowest BCUT2D eigenvalue weighted by Gasteiger charge is -2.03. The van der Waals surface area contributed by atoms with Gasteiger partial charge in [-0.05, 0) is 5.54 Å². The van der Waals surface area contributed by atoms with Crippen molar-refractivity contribution in [1.82, 2.24) is 10.6 Å². The fraction of sp³-hybridized carbons (Fsp3) is 0.286. The van der Waals surface area contributed by atoms with E-state index in [0.717, 1.165) is 0 Å². The highest BCUT2D eigenvalue weighted by molar-refractivity contribution is 8.11. The van der Waals surface area contributed by atoms with Crippen LogP contribution in [0.5, 0.6) is 0 Å². The van der Waals surface area contributed by atoms with Crippen LogP contribution in [0.3, 0.4) is 0 Å². The monoisotopic (exact) mass is 370 g/mol. The Bertz CT molecular complexity index is 235. The first-order chi connectivity index (χ1) is 7.77. The predicted octanol–water partition coefficient (Wildman–Crippen LogP) is 2.30. The Balaban J connectivity index is -0.000000103. The Morgan fingerprint density at radius 2 is 1.39 bits per heavy atom. The summed E-state index contributed by atoms with van der Waals surface area (Å²) in [6.07, 6.45) is -1.83. The average Bonchev–Trinajstić information content (AvgIpc) is 2.12. The van der Waals surface area contributed by atoms with Gasteiger partial charge in [0.1, 0.15) is 8.64 Å². The van der Waals surface area contributed by atoms with Crippen LogP contribution in [-0.2, 0) is 0 Å². The quantitative estimate of drug-likeness (QED) is 0.258. The predicted molar refractivity (Wildman–Crippen MR) is 96.3 cm³/mol. The molecule has 0 rings (SSSR count). The lowest BCUT2D eigenvalue weighted by atomic mass is 10.6. The van der Waals surface area contributed by atoms with E-state index < -0.39 is 6.16 Å². The van der Waals surface area contributed by atoms with Gasteiger partial charge in [-0.2, -0.15) is 13.5 Å². The van der Waals surface area contributed by atoms with Gasteiger partial charge in [-0.15, -0.1) is 25.3 Å². The summed E-state index contributed by atoms with van der Waals surface area (Å²) < 4.78 is 0.985. The molecule has 4 N–H and O–H groups in total. The maximum absolute atomic E-state index is 8.56. The molecule has 0 aliphatic rings. The van der Waals surface area contributed by atoms with Crippen molar-refractivity contribution in [3.8, 4) is 0 Å². The first kappa shape index (κ1) is 26.6. The van der Waals surface area contributed by atoms with Crippen LogP contribution in [0.15, 0.2) is 12.1 Å². The van der Waals surface area contributed by atoms with Gasteiger partial charge >= 0.3 is 6.16 Å². The van der Waals surface area contributed by atoms with Crippen LogP contribution >= 0.6 is 74.8 Å². The van der Waals surface area contributed by atoms with Crippen molar-refractivity contribution < 1.29 is 15.0 Å². The first-order valence-corrected chi connectivity index (χ1v) is 5.99. The molecule has 18 heavy (non-hydrogen) atoms. The third-order valence-electron chi connectivity index (χ3n) is 0.677. The number of rotatable bonds is 3. The Morgan fingerprint density at radius 1 is 1.22 bits per heavy atom. The second kappa shape index (κ2) is 22.3. The number of thiocarbonyl (C=S) groups is 2. The minimum absolute atomic E-state index is 0. The van der Waals surface area contributed by atoms with E-state index in [2.05, 4.69) is 66.9 Å². The number of hydrogen-bond acceptors (Lipinski definition) is 3. The summed E-state index contributed by atoms with van der Waals surface area (Å²) in [6.45, 7) is 4.55. The van der Waals surface area contributed by atoms with Crippen LogP contribution in [0.4, 0.5) is 4.79 Å². The summed E-state index contributed by atoms with van der Waals surface area (Å²) in [4.78, 5) is 8.56. The van der Waals surface area contributed by atoms with Gasteiger partial charge in [0.05, 0.1) is 0 Å². The number of carbonyl (C=O) groups is 1. The molecule has 108 valence electrons. The summed E-state index contributed by atoms with van der Waals surface area (Å²) in [7, 11) is 0. The normalized spacial score (nSPS) is 6.83. The zero-order valence-corrected chi connectivity index (χ0v) is 14.3. The zero-order chi connectivity index (χ0) is 14.3. The van der Waals surface area contributed by atoms with Crippen molar-refractivity contribution in [2.24, 2.45) is 0 Å². The molecule has 0 amide bonds.